The molecule has 3 heteroatoms. The molecule has 0 amide bonds. The lowest BCUT2D eigenvalue weighted by Gasteiger charge is -2.38. The molecular weight excluding hydrogens is 432 g/mol. The smallest absolute Gasteiger partial charge is 0.143 e. The van der Waals surface area contributed by atoms with Crippen molar-refractivity contribution in [3.63, 3.8) is 0 Å². The summed E-state index contributed by atoms with van der Waals surface area (Å²) in [4.78, 5) is 0. The minimum Gasteiger partial charge on any atom is -0.393 e. The van der Waals surface area contributed by atoms with E-state index < -0.39 is 17.8 Å². The second kappa shape index (κ2) is 12.3. The number of ether oxygens (including phenoxy) is 1. The maximum Gasteiger partial charge on any atom is 0.143 e. The van der Waals surface area contributed by atoms with Crippen LogP contribution in [0.25, 0.3) is 0 Å². The Balaban J connectivity index is 1.68. The fraction of sp³-hybridized carbons (Fsp3) is 0.375. The van der Waals surface area contributed by atoms with Gasteiger partial charge in [0.2, 0.25) is 0 Å². The molecule has 184 valence electrons. The van der Waals surface area contributed by atoms with E-state index in [4.69, 9.17) is 4.74 Å². The molecule has 0 bridgehead atoms. The van der Waals surface area contributed by atoms with Crippen molar-refractivity contribution in [1.82, 2.24) is 0 Å². The van der Waals surface area contributed by atoms with Gasteiger partial charge in [0.05, 0.1) is 18.8 Å². The highest BCUT2D eigenvalue weighted by atomic mass is 16.5. The van der Waals surface area contributed by atoms with Crippen LogP contribution in [0.2, 0.25) is 0 Å². The van der Waals surface area contributed by atoms with Crippen molar-refractivity contribution < 1.29 is 14.9 Å². The first-order valence-corrected chi connectivity index (χ1v) is 13.0. The molecule has 0 saturated heterocycles. The summed E-state index contributed by atoms with van der Waals surface area (Å²) in [6.07, 6.45) is 7.84. The van der Waals surface area contributed by atoms with Crippen LogP contribution in [-0.2, 0) is 10.3 Å². The fourth-order valence-electron chi connectivity index (χ4n) is 5.42. The van der Waals surface area contributed by atoms with Gasteiger partial charge < -0.3 is 14.9 Å². The Morgan fingerprint density at radius 3 is 1.71 bits per heavy atom. The molecule has 0 spiro atoms. The van der Waals surface area contributed by atoms with Gasteiger partial charge in [-0.05, 0) is 41.9 Å². The maximum atomic E-state index is 10.9. The van der Waals surface area contributed by atoms with Crippen LogP contribution >= 0.6 is 0 Å². The van der Waals surface area contributed by atoms with E-state index >= 15 is 0 Å². The van der Waals surface area contributed by atoms with Crippen molar-refractivity contribution in [1.29, 1.82) is 0 Å². The molecule has 2 N–H and O–H groups in total. The average Bonchev–Trinajstić information content (AvgIpc) is 3.18. The highest BCUT2D eigenvalue weighted by molar-refractivity contribution is 5.47. The number of benzene rings is 3. The number of rotatable bonds is 11. The topological polar surface area (TPSA) is 49.7 Å². The Bertz CT molecular complexity index is 936. The molecule has 3 aromatic rings. The van der Waals surface area contributed by atoms with E-state index in [9.17, 15) is 10.2 Å². The van der Waals surface area contributed by atoms with Gasteiger partial charge in [-0.15, -0.1) is 0 Å². The first kappa shape index (κ1) is 25.4. The Hall–Kier alpha value is -2.72. The standard InChI is InChI=1S/C32H38O3/c1-2-3-4-5-15-22-28-29(31(34)23-30(28)33)24-35-32(25-16-9-6-10-17-25,26-18-11-7-12-19-26)27-20-13-8-14-21-27/h5-21,28-31,33-34H,2-4,22-24H2,1H3/b15-5-/t28-,29-,30+,31-/m1/s1. The van der Waals surface area contributed by atoms with Gasteiger partial charge in [-0.3, -0.25) is 0 Å². The lowest BCUT2D eigenvalue weighted by Crippen LogP contribution is -2.37. The molecule has 0 radical (unpaired) electrons. The highest BCUT2D eigenvalue weighted by Gasteiger charge is 2.44. The lowest BCUT2D eigenvalue weighted by atomic mass is 9.79. The number of unbranched alkanes of at least 4 members (excludes halogenated alkanes) is 2. The van der Waals surface area contributed by atoms with Crippen molar-refractivity contribution >= 4 is 0 Å². The quantitative estimate of drug-likeness (QED) is 0.191. The maximum absolute atomic E-state index is 10.9. The number of aliphatic hydroxyl groups is 2. The molecule has 0 aliphatic heterocycles. The van der Waals surface area contributed by atoms with Gasteiger partial charge in [-0.1, -0.05) is 123 Å². The van der Waals surface area contributed by atoms with Crippen LogP contribution in [0.15, 0.2) is 103 Å². The molecule has 3 aromatic carbocycles. The van der Waals surface area contributed by atoms with Crippen LogP contribution in [0.5, 0.6) is 0 Å². The summed E-state index contributed by atoms with van der Waals surface area (Å²) in [6, 6.07) is 30.9. The minimum absolute atomic E-state index is 0.0251. The third-order valence-corrected chi connectivity index (χ3v) is 7.35. The van der Waals surface area contributed by atoms with Gasteiger partial charge >= 0.3 is 0 Å². The second-order valence-corrected chi connectivity index (χ2v) is 9.64. The van der Waals surface area contributed by atoms with Crippen LogP contribution in [0.4, 0.5) is 0 Å². The van der Waals surface area contributed by atoms with E-state index in [-0.39, 0.29) is 11.8 Å². The summed E-state index contributed by atoms with van der Waals surface area (Å²) in [5.74, 6) is -0.167. The van der Waals surface area contributed by atoms with E-state index in [0.29, 0.717) is 13.0 Å². The summed E-state index contributed by atoms with van der Waals surface area (Å²) in [6.45, 7) is 2.54. The molecule has 1 aliphatic rings. The van der Waals surface area contributed by atoms with Crippen LogP contribution in [0.3, 0.4) is 0 Å². The zero-order valence-electron chi connectivity index (χ0n) is 20.7. The van der Waals surface area contributed by atoms with Gasteiger partial charge in [0.15, 0.2) is 0 Å². The third-order valence-electron chi connectivity index (χ3n) is 7.35. The molecule has 1 aliphatic carbocycles. The van der Waals surface area contributed by atoms with Crippen LogP contribution in [-0.4, -0.2) is 29.0 Å². The Labute approximate surface area is 210 Å². The average molecular weight is 471 g/mol. The van der Waals surface area contributed by atoms with Crippen molar-refractivity contribution in [3.8, 4) is 0 Å². The van der Waals surface area contributed by atoms with Gasteiger partial charge in [0, 0.05) is 5.92 Å². The first-order valence-electron chi connectivity index (χ1n) is 13.0. The summed E-state index contributed by atoms with van der Waals surface area (Å²) >= 11 is 0. The molecule has 4 rings (SSSR count). The zero-order chi connectivity index (χ0) is 24.5. The number of hydrogen-bond acceptors (Lipinski definition) is 3. The molecular formula is C32H38O3. The normalized spacial score (nSPS) is 22.6. The van der Waals surface area contributed by atoms with E-state index in [1.807, 2.05) is 54.6 Å². The van der Waals surface area contributed by atoms with Crippen molar-refractivity contribution in [3.05, 3.63) is 120 Å². The lowest BCUT2D eigenvalue weighted by molar-refractivity contribution is -0.0417. The van der Waals surface area contributed by atoms with E-state index in [1.165, 1.54) is 12.8 Å². The minimum atomic E-state index is -0.821. The molecule has 35 heavy (non-hydrogen) atoms. The Morgan fingerprint density at radius 1 is 0.743 bits per heavy atom. The molecule has 3 nitrogen and oxygen atoms in total. The molecule has 0 unspecified atom stereocenters. The number of aliphatic hydroxyl groups excluding tert-OH is 2. The molecule has 1 fully saturated rings. The predicted octanol–water partition coefficient (Wildman–Crippen LogP) is 6.49. The van der Waals surface area contributed by atoms with Crippen molar-refractivity contribution in [2.75, 3.05) is 6.61 Å². The molecule has 0 aromatic heterocycles. The van der Waals surface area contributed by atoms with Gasteiger partial charge in [-0.25, -0.2) is 0 Å². The molecule has 0 heterocycles. The monoisotopic (exact) mass is 470 g/mol. The number of hydrogen-bond donors (Lipinski definition) is 2. The summed E-state index contributed by atoms with van der Waals surface area (Å²) in [5.41, 5.74) is 2.31. The third kappa shape index (κ3) is 5.75. The van der Waals surface area contributed by atoms with Crippen LogP contribution in [0.1, 0.15) is 55.7 Å². The molecule has 4 atom stereocenters. The van der Waals surface area contributed by atoms with Crippen LogP contribution in [0, 0.1) is 11.8 Å². The van der Waals surface area contributed by atoms with Gasteiger partial charge in [0.1, 0.15) is 5.60 Å². The Morgan fingerprint density at radius 2 is 1.23 bits per heavy atom. The van der Waals surface area contributed by atoms with Gasteiger partial charge in [-0.2, -0.15) is 0 Å². The highest BCUT2D eigenvalue weighted by Crippen LogP contribution is 2.43. The predicted molar refractivity (Wildman–Crippen MR) is 142 cm³/mol. The fourth-order valence-corrected chi connectivity index (χ4v) is 5.42. The van der Waals surface area contributed by atoms with Crippen LogP contribution < -0.4 is 0 Å². The van der Waals surface area contributed by atoms with Crippen molar-refractivity contribution in [2.45, 2.75) is 56.8 Å². The zero-order valence-corrected chi connectivity index (χ0v) is 20.7. The SMILES string of the molecule is CCCC/C=C\C[C@@H]1[C@@H](COC(c2ccccc2)(c2ccccc2)c2ccccc2)[C@H](O)C[C@@H]1O. The second-order valence-electron chi connectivity index (χ2n) is 9.64. The van der Waals surface area contributed by atoms with Crippen molar-refractivity contribution in [2.24, 2.45) is 11.8 Å². The summed E-state index contributed by atoms with van der Waals surface area (Å²) in [7, 11) is 0. The van der Waals surface area contributed by atoms with E-state index in [0.717, 1.165) is 29.5 Å². The molecule has 1 saturated carbocycles. The number of allylic oxidation sites excluding steroid dienone is 2. The van der Waals surface area contributed by atoms with E-state index in [2.05, 4.69) is 55.5 Å². The van der Waals surface area contributed by atoms with Gasteiger partial charge in [0.25, 0.3) is 0 Å². The van der Waals surface area contributed by atoms with E-state index in [1.54, 1.807) is 0 Å². The largest absolute Gasteiger partial charge is 0.393 e. The summed E-state index contributed by atoms with van der Waals surface area (Å²) in [5, 5.41) is 21.7. The summed E-state index contributed by atoms with van der Waals surface area (Å²) < 4.78 is 6.97. The Kier molecular flexibility index (Phi) is 8.92. The first-order chi connectivity index (χ1) is 17.2.